The lowest BCUT2D eigenvalue weighted by molar-refractivity contribution is -0.174. The molecule has 0 rings (SSSR count). The molecular formula is C12H18O5. The van der Waals surface area contributed by atoms with Crippen molar-refractivity contribution in [2.75, 3.05) is 13.2 Å². The fraction of sp³-hybridized carbons (Fsp3) is 0.500. The first-order valence-corrected chi connectivity index (χ1v) is 5.15. The van der Waals surface area contributed by atoms with Crippen molar-refractivity contribution in [2.45, 2.75) is 27.1 Å². The molecule has 0 aliphatic heterocycles. The van der Waals surface area contributed by atoms with E-state index in [0.717, 1.165) is 0 Å². The number of rotatable bonds is 7. The number of esters is 2. The Labute approximate surface area is 101 Å². The average molecular weight is 242 g/mol. The predicted octanol–water partition coefficient (Wildman–Crippen LogP) is 1.59. The van der Waals surface area contributed by atoms with Gasteiger partial charge in [-0.2, -0.15) is 0 Å². The van der Waals surface area contributed by atoms with E-state index in [1.165, 1.54) is 0 Å². The van der Waals surface area contributed by atoms with Crippen LogP contribution in [0.5, 0.6) is 0 Å². The van der Waals surface area contributed by atoms with E-state index in [2.05, 4.69) is 13.2 Å². The van der Waals surface area contributed by atoms with Crippen LogP contribution in [0.2, 0.25) is 0 Å². The van der Waals surface area contributed by atoms with Crippen LogP contribution >= 0.6 is 0 Å². The second-order valence-electron chi connectivity index (χ2n) is 3.54. The Kier molecular flexibility index (Phi) is 6.89. The Bertz CT molecular complexity index is 319. The van der Waals surface area contributed by atoms with E-state index in [4.69, 9.17) is 14.2 Å². The number of carbonyl (C=O) groups is 2. The van der Waals surface area contributed by atoms with Gasteiger partial charge in [0, 0.05) is 11.1 Å². The molecule has 17 heavy (non-hydrogen) atoms. The summed E-state index contributed by atoms with van der Waals surface area (Å²) in [6, 6.07) is 0. The van der Waals surface area contributed by atoms with Gasteiger partial charge in [0.1, 0.15) is 6.61 Å². The minimum atomic E-state index is -0.706. The molecule has 5 nitrogen and oxygen atoms in total. The maximum atomic E-state index is 11.1. The Morgan fingerprint density at radius 1 is 1.06 bits per heavy atom. The Balaban J connectivity index is 3.68. The van der Waals surface area contributed by atoms with Gasteiger partial charge in [-0.3, -0.25) is 0 Å². The molecule has 0 spiro atoms. The summed E-state index contributed by atoms with van der Waals surface area (Å²) in [7, 11) is 0. The van der Waals surface area contributed by atoms with Crippen LogP contribution in [0.4, 0.5) is 0 Å². The smallest absolute Gasteiger partial charge is 0.335 e. The third-order valence-electron chi connectivity index (χ3n) is 1.64. The van der Waals surface area contributed by atoms with Crippen molar-refractivity contribution >= 4 is 11.9 Å². The van der Waals surface area contributed by atoms with E-state index in [9.17, 15) is 9.59 Å². The molecule has 0 aromatic rings. The van der Waals surface area contributed by atoms with Gasteiger partial charge in [-0.1, -0.05) is 13.2 Å². The first-order chi connectivity index (χ1) is 7.84. The molecule has 0 saturated heterocycles. The van der Waals surface area contributed by atoms with Crippen molar-refractivity contribution in [2.24, 2.45) is 0 Å². The zero-order valence-corrected chi connectivity index (χ0v) is 10.4. The molecule has 0 aliphatic carbocycles. The molecule has 0 amide bonds. The van der Waals surface area contributed by atoms with Gasteiger partial charge in [0.05, 0.1) is 6.61 Å². The lowest BCUT2D eigenvalue weighted by atomic mass is 10.4. The Morgan fingerprint density at radius 2 is 1.59 bits per heavy atom. The molecule has 0 aromatic heterocycles. The second kappa shape index (κ2) is 7.62. The number of hydrogen-bond acceptors (Lipinski definition) is 5. The molecule has 0 aromatic carbocycles. The molecule has 96 valence electrons. The van der Waals surface area contributed by atoms with Gasteiger partial charge in [-0.15, -0.1) is 0 Å². The van der Waals surface area contributed by atoms with Gasteiger partial charge in [-0.05, 0) is 20.8 Å². The first-order valence-electron chi connectivity index (χ1n) is 5.15. The molecule has 1 unspecified atom stereocenters. The van der Waals surface area contributed by atoms with Crippen LogP contribution in [0, 0.1) is 0 Å². The van der Waals surface area contributed by atoms with E-state index in [1.807, 2.05) is 0 Å². The minimum absolute atomic E-state index is 0.0840. The summed E-state index contributed by atoms with van der Waals surface area (Å²) in [5.41, 5.74) is 0.626. The van der Waals surface area contributed by atoms with Gasteiger partial charge in [0.25, 0.3) is 0 Å². The molecule has 0 fully saturated rings. The molecule has 0 radical (unpaired) electrons. The predicted molar refractivity (Wildman–Crippen MR) is 62.1 cm³/mol. The summed E-state index contributed by atoms with van der Waals surface area (Å²) in [6.45, 7) is 11.8. The average Bonchev–Trinajstić information content (AvgIpc) is 2.23. The molecule has 0 aliphatic rings. The maximum absolute atomic E-state index is 11.1. The monoisotopic (exact) mass is 242 g/mol. The van der Waals surface area contributed by atoms with Crippen molar-refractivity contribution in [1.82, 2.24) is 0 Å². The highest BCUT2D eigenvalue weighted by molar-refractivity contribution is 5.87. The minimum Gasteiger partial charge on any atom is -0.460 e. The third kappa shape index (κ3) is 7.30. The van der Waals surface area contributed by atoms with Crippen molar-refractivity contribution < 1.29 is 23.8 Å². The van der Waals surface area contributed by atoms with E-state index < -0.39 is 18.2 Å². The topological polar surface area (TPSA) is 61.8 Å². The molecule has 0 bridgehead atoms. The molecule has 0 heterocycles. The van der Waals surface area contributed by atoms with Gasteiger partial charge >= 0.3 is 11.9 Å². The quantitative estimate of drug-likeness (QED) is 0.293. The molecule has 1 atom stereocenters. The summed E-state index contributed by atoms with van der Waals surface area (Å²) in [4.78, 5) is 22.1. The molecule has 5 heteroatoms. The summed E-state index contributed by atoms with van der Waals surface area (Å²) in [5, 5.41) is 0. The SMILES string of the molecule is C=C(C)C(=O)OCCOC(C)OC(=O)C(=C)C. The van der Waals surface area contributed by atoms with Gasteiger partial charge in [-0.25, -0.2) is 9.59 Å². The Hall–Kier alpha value is -1.62. The second-order valence-corrected chi connectivity index (χ2v) is 3.54. The van der Waals surface area contributed by atoms with Gasteiger partial charge in [0.2, 0.25) is 6.29 Å². The number of ether oxygens (including phenoxy) is 3. The first kappa shape index (κ1) is 15.4. The number of carbonyl (C=O) groups excluding carboxylic acids is 2. The van der Waals surface area contributed by atoms with Crippen molar-refractivity contribution in [3.8, 4) is 0 Å². The van der Waals surface area contributed by atoms with Crippen molar-refractivity contribution in [3.63, 3.8) is 0 Å². The van der Waals surface area contributed by atoms with Crippen LogP contribution in [0.15, 0.2) is 24.3 Å². The fourth-order valence-electron chi connectivity index (χ4n) is 0.757. The van der Waals surface area contributed by atoms with Crippen LogP contribution in [0.25, 0.3) is 0 Å². The van der Waals surface area contributed by atoms with E-state index in [-0.39, 0.29) is 13.2 Å². The molecular weight excluding hydrogens is 224 g/mol. The highest BCUT2D eigenvalue weighted by atomic mass is 16.7. The molecule has 0 saturated carbocycles. The van der Waals surface area contributed by atoms with Gasteiger partial charge in [0.15, 0.2) is 0 Å². The van der Waals surface area contributed by atoms with Crippen molar-refractivity contribution in [3.05, 3.63) is 24.3 Å². The Morgan fingerprint density at radius 3 is 2.06 bits per heavy atom. The van der Waals surface area contributed by atoms with E-state index >= 15 is 0 Å². The summed E-state index contributed by atoms with van der Waals surface area (Å²) in [6.07, 6.45) is -0.706. The third-order valence-corrected chi connectivity index (χ3v) is 1.64. The highest BCUT2D eigenvalue weighted by Crippen LogP contribution is 2.00. The van der Waals surface area contributed by atoms with Crippen LogP contribution in [0.1, 0.15) is 20.8 Å². The summed E-state index contributed by atoms with van der Waals surface area (Å²) in [5.74, 6) is -0.989. The van der Waals surface area contributed by atoms with Crippen LogP contribution in [0.3, 0.4) is 0 Å². The largest absolute Gasteiger partial charge is 0.460 e. The zero-order valence-electron chi connectivity index (χ0n) is 10.4. The zero-order chi connectivity index (χ0) is 13.4. The van der Waals surface area contributed by atoms with Crippen LogP contribution in [-0.2, 0) is 23.8 Å². The normalized spacial score (nSPS) is 11.5. The maximum Gasteiger partial charge on any atom is 0.335 e. The summed E-state index contributed by atoms with van der Waals surface area (Å²) < 4.78 is 14.7. The van der Waals surface area contributed by atoms with Crippen molar-refractivity contribution in [1.29, 1.82) is 0 Å². The van der Waals surface area contributed by atoms with E-state index in [1.54, 1.807) is 20.8 Å². The lowest BCUT2D eigenvalue weighted by Gasteiger charge is -2.14. The van der Waals surface area contributed by atoms with Crippen LogP contribution < -0.4 is 0 Å². The summed E-state index contributed by atoms with van der Waals surface area (Å²) >= 11 is 0. The van der Waals surface area contributed by atoms with E-state index in [0.29, 0.717) is 11.1 Å². The molecule has 0 N–H and O–H groups in total. The standard InChI is InChI=1S/C12H18O5/c1-8(2)11(13)16-7-6-15-10(5)17-12(14)9(3)4/h10H,1,3,6-7H2,2,4-5H3. The van der Waals surface area contributed by atoms with Gasteiger partial charge < -0.3 is 14.2 Å². The lowest BCUT2D eigenvalue weighted by Crippen LogP contribution is -2.21. The van der Waals surface area contributed by atoms with Crippen LogP contribution in [-0.4, -0.2) is 31.4 Å². The highest BCUT2D eigenvalue weighted by Gasteiger charge is 2.10. The number of hydrogen-bond donors (Lipinski definition) is 0. The fourth-order valence-corrected chi connectivity index (χ4v) is 0.757.